The van der Waals surface area contributed by atoms with Gasteiger partial charge in [0.05, 0.1) is 18.0 Å². The smallest absolute Gasteiger partial charge is 0.384 e. The molecule has 92 valence electrons. The second-order valence-electron chi connectivity index (χ2n) is 3.01. The molecule has 1 rings (SSSR count). The van der Waals surface area contributed by atoms with Gasteiger partial charge in [-0.15, -0.1) is 0 Å². The second-order valence-corrected chi connectivity index (χ2v) is 3.01. The van der Waals surface area contributed by atoms with Crippen LogP contribution < -0.4 is 5.56 Å². The summed E-state index contributed by atoms with van der Waals surface area (Å²) in [6.45, 7) is 0. The number of H-pyrrole nitrogens is 1. The summed E-state index contributed by atoms with van der Waals surface area (Å²) in [7, 11) is 0. The Balaban J connectivity index is 3.42. The van der Waals surface area contributed by atoms with Crippen LogP contribution in [-0.4, -0.2) is 26.3 Å². The number of nitrogens with one attached hydrogen (secondary N) is 1. The van der Waals surface area contributed by atoms with Crippen LogP contribution in [0, 0.1) is 11.3 Å². The third-order valence-corrected chi connectivity index (χ3v) is 1.88. The normalized spacial score (nSPS) is 15.1. The number of halogens is 3. The molecule has 1 aromatic heterocycles. The summed E-state index contributed by atoms with van der Waals surface area (Å²) in [4.78, 5) is 15.9. The molecule has 0 saturated carbocycles. The van der Waals surface area contributed by atoms with Gasteiger partial charge in [0.15, 0.2) is 11.8 Å². The zero-order valence-electron chi connectivity index (χ0n) is 8.06. The lowest BCUT2D eigenvalue weighted by Crippen LogP contribution is -2.29. The van der Waals surface area contributed by atoms with E-state index in [9.17, 15) is 23.1 Å². The van der Waals surface area contributed by atoms with Crippen LogP contribution in [0.15, 0.2) is 11.1 Å². The van der Waals surface area contributed by atoms with Crippen LogP contribution in [0.25, 0.3) is 0 Å². The van der Waals surface area contributed by atoms with Crippen LogP contribution in [0.3, 0.4) is 0 Å². The van der Waals surface area contributed by atoms with Crippen molar-refractivity contribution in [1.82, 2.24) is 9.97 Å². The SMILES string of the molecule is N#CC(O)C(O)c1c(C(F)(F)F)nc[nH]c1=O. The van der Waals surface area contributed by atoms with E-state index >= 15 is 0 Å². The Labute approximate surface area is 92.0 Å². The van der Waals surface area contributed by atoms with Gasteiger partial charge in [0.25, 0.3) is 5.56 Å². The highest BCUT2D eigenvalue weighted by Crippen LogP contribution is 2.31. The number of aromatic amines is 1. The number of aliphatic hydroxyl groups excluding tert-OH is 2. The molecule has 0 aliphatic heterocycles. The number of rotatable bonds is 2. The maximum absolute atomic E-state index is 12.5. The molecule has 2 atom stereocenters. The van der Waals surface area contributed by atoms with Gasteiger partial charge < -0.3 is 15.2 Å². The Morgan fingerprint density at radius 3 is 2.53 bits per heavy atom. The Hall–Kier alpha value is -1.92. The summed E-state index contributed by atoms with van der Waals surface area (Å²) in [5, 5.41) is 26.5. The summed E-state index contributed by atoms with van der Waals surface area (Å²) < 4.78 is 37.4. The zero-order chi connectivity index (χ0) is 13.2. The van der Waals surface area contributed by atoms with E-state index in [2.05, 4.69) is 4.98 Å². The predicted molar refractivity (Wildman–Crippen MR) is 46.4 cm³/mol. The largest absolute Gasteiger partial charge is 0.433 e. The van der Waals surface area contributed by atoms with Crippen LogP contribution in [-0.2, 0) is 6.18 Å². The number of aromatic nitrogens is 2. The molecule has 2 unspecified atom stereocenters. The summed E-state index contributed by atoms with van der Waals surface area (Å²) in [6, 6.07) is 1.13. The van der Waals surface area contributed by atoms with Gasteiger partial charge >= 0.3 is 6.18 Å². The van der Waals surface area contributed by atoms with Gasteiger partial charge in [-0.3, -0.25) is 4.79 Å². The number of alkyl halides is 3. The van der Waals surface area contributed by atoms with Crippen molar-refractivity contribution in [3.8, 4) is 6.07 Å². The molecule has 0 spiro atoms. The molecule has 0 saturated heterocycles. The minimum Gasteiger partial charge on any atom is -0.384 e. The first kappa shape index (κ1) is 13.1. The first-order valence-corrected chi connectivity index (χ1v) is 4.19. The molecule has 1 aromatic rings. The minimum atomic E-state index is -4.97. The van der Waals surface area contributed by atoms with Gasteiger partial charge in [0, 0.05) is 0 Å². The average molecular weight is 249 g/mol. The van der Waals surface area contributed by atoms with Crippen molar-refractivity contribution in [3.63, 3.8) is 0 Å². The van der Waals surface area contributed by atoms with Crippen molar-refractivity contribution in [2.75, 3.05) is 0 Å². The molecule has 0 bridgehead atoms. The molecule has 0 aromatic carbocycles. The summed E-state index contributed by atoms with van der Waals surface area (Å²) >= 11 is 0. The molecule has 0 amide bonds. The molecule has 6 nitrogen and oxygen atoms in total. The monoisotopic (exact) mass is 249 g/mol. The summed E-state index contributed by atoms with van der Waals surface area (Å²) in [5.74, 6) is 0. The second kappa shape index (κ2) is 4.52. The highest BCUT2D eigenvalue weighted by molar-refractivity contribution is 5.24. The number of aliphatic hydroxyl groups is 2. The van der Waals surface area contributed by atoms with Gasteiger partial charge in [-0.25, -0.2) is 4.98 Å². The van der Waals surface area contributed by atoms with E-state index in [-0.39, 0.29) is 0 Å². The van der Waals surface area contributed by atoms with E-state index in [1.807, 2.05) is 4.98 Å². The van der Waals surface area contributed by atoms with E-state index in [1.165, 1.54) is 0 Å². The minimum absolute atomic E-state index is 0.514. The summed E-state index contributed by atoms with van der Waals surface area (Å²) in [5.41, 5.74) is -4.09. The number of hydrogen-bond acceptors (Lipinski definition) is 5. The van der Waals surface area contributed by atoms with Gasteiger partial charge in [-0.2, -0.15) is 18.4 Å². The van der Waals surface area contributed by atoms with Crippen molar-refractivity contribution in [2.24, 2.45) is 0 Å². The molecule has 0 radical (unpaired) electrons. The highest BCUT2D eigenvalue weighted by Gasteiger charge is 2.40. The van der Waals surface area contributed by atoms with E-state index in [0.717, 1.165) is 6.07 Å². The van der Waals surface area contributed by atoms with Crippen molar-refractivity contribution >= 4 is 0 Å². The standard InChI is InChI=1S/C8H6F3N3O3/c9-8(10,11)6-4(5(16)3(15)1-12)7(17)14-2-13-6/h2-3,5,15-16H,(H,13,14,17). The fourth-order valence-electron chi connectivity index (χ4n) is 1.14. The van der Waals surface area contributed by atoms with Gasteiger partial charge in [0.1, 0.15) is 6.10 Å². The molecule has 0 aliphatic carbocycles. The molecule has 0 fully saturated rings. The predicted octanol–water partition coefficient (Wildman–Crippen LogP) is -0.293. The number of nitrogens with zero attached hydrogens (tertiary/aromatic N) is 2. The molecule has 1 heterocycles. The van der Waals surface area contributed by atoms with Crippen LogP contribution in [0.4, 0.5) is 13.2 Å². The number of hydrogen-bond donors (Lipinski definition) is 3. The fourth-order valence-corrected chi connectivity index (χ4v) is 1.14. The lowest BCUT2D eigenvalue weighted by atomic mass is 10.0. The van der Waals surface area contributed by atoms with Gasteiger partial charge in [-0.05, 0) is 0 Å². The lowest BCUT2D eigenvalue weighted by molar-refractivity contribution is -0.143. The topological polar surface area (TPSA) is 110 Å². The fraction of sp³-hybridized carbons (Fsp3) is 0.375. The van der Waals surface area contributed by atoms with Crippen LogP contribution in [0.5, 0.6) is 0 Å². The highest BCUT2D eigenvalue weighted by atomic mass is 19.4. The first-order chi connectivity index (χ1) is 7.79. The van der Waals surface area contributed by atoms with Crippen LogP contribution in [0.2, 0.25) is 0 Å². The zero-order valence-corrected chi connectivity index (χ0v) is 8.06. The summed E-state index contributed by atoms with van der Waals surface area (Å²) in [6.07, 6.45) is -8.89. The van der Waals surface area contributed by atoms with Crippen molar-refractivity contribution in [1.29, 1.82) is 5.26 Å². The third kappa shape index (κ3) is 2.61. The van der Waals surface area contributed by atoms with Gasteiger partial charge in [-0.1, -0.05) is 0 Å². The van der Waals surface area contributed by atoms with E-state index in [4.69, 9.17) is 10.4 Å². The first-order valence-electron chi connectivity index (χ1n) is 4.19. The Kier molecular flexibility index (Phi) is 3.50. The van der Waals surface area contributed by atoms with Crippen LogP contribution >= 0.6 is 0 Å². The van der Waals surface area contributed by atoms with Crippen LogP contribution in [0.1, 0.15) is 17.4 Å². The molecular formula is C8H6F3N3O3. The molecular weight excluding hydrogens is 243 g/mol. The van der Waals surface area contributed by atoms with Gasteiger partial charge in [0.2, 0.25) is 0 Å². The van der Waals surface area contributed by atoms with Crippen molar-refractivity contribution < 1.29 is 23.4 Å². The average Bonchev–Trinajstić information content (AvgIpc) is 2.25. The third-order valence-electron chi connectivity index (χ3n) is 1.88. The molecule has 17 heavy (non-hydrogen) atoms. The van der Waals surface area contributed by atoms with E-state index < -0.39 is 35.2 Å². The van der Waals surface area contributed by atoms with E-state index in [0.29, 0.717) is 6.33 Å². The Morgan fingerprint density at radius 2 is 2.06 bits per heavy atom. The Bertz CT molecular complexity index is 505. The quantitative estimate of drug-likeness (QED) is 0.623. The maximum Gasteiger partial charge on any atom is 0.433 e. The molecule has 3 N–H and O–H groups in total. The van der Waals surface area contributed by atoms with E-state index in [1.54, 1.807) is 0 Å². The molecule has 0 aliphatic rings. The Morgan fingerprint density at radius 1 is 1.47 bits per heavy atom. The van der Waals surface area contributed by atoms with Crippen molar-refractivity contribution in [3.05, 3.63) is 27.9 Å². The lowest BCUT2D eigenvalue weighted by Gasteiger charge is -2.15. The maximum atomic E-state index is 12.5. The van der Waals surface area contributed by atoms with Crippen molar-refractivity contribution in [2.45, 2.75) is 18.4 Å². The number of nitriles is 1. The molecule has 9 heteroatoms.